The minimum atomic E-state index is -0.950. The Balaban J connectivity index is 2.68. The molecule has 0 spiro atoms. The van der Waals surface area contributed by atoms with Crippen molar-refractivity contribution < 1.29 is 19.5 Å². The molecule has 0 aliphatic heterocycles. The van der Waals surface area contributed by atoms with E-state index in [0.717, 1.165) is 4.90 Å². The smallest absolute Gasteiger partial charge is 0.322 e. The monoisotopic (exact) mass is 265 g/mol. The molecule has 0 radical (unpaired) electrons. The summed E-state index contributed by atoms with van der Waals surface area (Å²) < 4.78 is 0. The van der Waals surface area contributed by atoms with Gasteiger partial charge in [0.25, 0.3) is 0 Å². The number of carbonyl (C=O) groups excluding carboxylic acids is 2. The predicted molar refractivity (Wildman–Crippen MR) is 68.6 cm³/mol. The van der Waals surface area contributed by atoms with Crippen LogP contribution in [0.3, 0.4) is 0 Å². The minimum Gasteiger partial charge on any atom is -0.481 e. The molecule has 0 saturated carbocycles. The van der Waals surface area contributed by atoms with Gasteiger partial charge in [-0.25, -0.2) is 4.79 Å². The Kier molecular flexibility index (Phi) is 4.87. The Bertz CT molecular complexity index is 502. The summed E-state index contributed by atoms with van der Waals surface area (Å²) in [6.07, 6.45) is -0.124. The Morgan fingerprint density at radius 1 is 1.37 bits per heavy atom. The van der Waals surface area contributed by atoms with Gasteiger partial charge in [0.1, 0.15) is 6.54 Å². The molecule has 0 atom stereocenters. The van der Waals surface area contributed by atoms with Crippen molar-refractivity contribution in [2.24, 2.45) is 5.73 Å². The van der Waals surface area contributed by atoms with E-state index in [1.165, 1.54) is 7.05 Å². The van der Waals surface area contributed by atoms with Crippen LogP contribution >= 0.6 is 0 Å². The molecule has 1 rings (SSSR count). The number of benzene rings is 1. The van der Waals surface area contributed by atoms with Gasteiger partial charge in [-0.2, -0.15) is 0 Å². The number of carboxylic acids is 1. The lowest BCUT2D eigenvalue weighted by molar-refractivity contribution is -0.136. The summed E-state index contributed by atoms with van der Waals surface area (Å²) in [5.41, 5.74) is 6.01. The van der Waals surface area contributed by atoms with Crippen LogP contribution in [0.1, 0.15) is 5.56 Å². The average molecular weight is 265 g/mol. The highest BCUT2D eigenvalue weighted by Gasteiger charge is 2.11. The number of urea groups is 1. The van der Waals surface area contributed by atoms with Crippen LogP contribution in [0.4, 0.5) is 10.5 Å². The number of nitrogens with zero attached hydrogens (tertiary/aromatic N) is 1. The van der Waals surface area contributed by atoms with E-state index >= 15 is 0 Å². The number of hydrogen-bond donors (Lipinski definition) is 3. The maximum absolute atomic E-state index is 11.7. The SMILES string of the molecule is CN(CC(N)=O)C(=O)Nc1cccc(CC(=O)O)c1. The van der Waals surface area contributed by atoms with Crippen molar-refractivity contribution in [3.05, 3.63) is 29.8 Å². The Labute approximate surface area is 110 Å². The fourth-order valence-electron chi connectivity index (χ4n) is 1.46. The standard InChI is InChI=1S/C12H15N3O4/c1-15(7-10(13)16)12(19)14-9-4-2-3-8(5-9)6-11(17)18/h2-5H,6-7H2,1H3,(H2,13,16)(H,14,19)(H,17,18). The van der Waals surface area contributed by atoms with Gasteiger partial charge in [-0.05, 0) is 17.7 Å². The van der Waals surface area contributed by atoms with Crippen molar-refractivity contribution in [2.75, 3.05) is 18.9 Å². The molecule has 7 heteroatoms. The van der Waals surface area contributed by atoms with Gasteiger partial charge in [0, 0.05) is 12.7 Å². The topological polar surface area (TPSA) is 113 Å². The highest BCUT2D eigenvalue weighted by atomic mass is 16.4. The van der Waals surface area contributed by atoms with E-state index in [0.29, 0.717) is 11.3 Å². The summed E-state index contributed by atoms with van der Waals surface area (Å²) in [6.45, 7) is -0.194. The van der Waals surface area contributed by atoms with Gasteiger partial charge in [0.2, 0.25) is 5.91 Å². The number of aliphatic carboxylic acids is 1. The lowest BCUT2D eigenvalue weighted by Gasteiger charge is -2.16. The summed E-state index contributed by atoms with van der Waals surface area (Å²) in [5, 5.41) is 11.2. The van der Waals surface area contributed by atoms with Crippen molar-refractivity contribution in [3.63, 3.8) is 0 Å². The molecular weight excluding hydrogens is 250 g/mol. The van der Waals surface area contributed by atoms with Crippen molar-refractivity contribution in [2.45, 2.75) is 6.42 Å². The fourth-order valence-corrected chi connectivity index (χ4v) is 1.46. The second-order valence-electron chi connectivity index (χ2n) is 4.02. The maximum Gasteiger partial charge on any atom is 0.322 e. The molecule has 102 valence electrons. The summed E-state index contributed by atoms with van der Waals surface area (Å²) in [6, 6.07) is 5.98. The Hall–Kier alpha value is -2.57. The minimum absolute atomic E-state index is 0.124. The molecule has 0 saturated heterocycles. The van der Waals surface area contributed by atoms with E-state index in [9.17, 15) is 14.4 Å². The first-order valence-corrected chi connectivity index (χ1v) is 5.49. The first kappa shape index (κ1) is 14.5. The second-order valence-corrected chi connectivity index (χ2v) is 4.02. The first-order valence-electron chi connectivity index (χ1n) is 5.49. The third-order valence-corrected chi connectivity index (χ3v) is 2.27. The molecular formula is C12H15N3O4. The summed E-state index contributed by atoms with van der Waals surface area (Å²) in [7, 11) is 1.43. The summed E-state index contributed by atoms with van der Waals surface area (Å²) >= 11 is 0. The van der Waals surface area contributed by atoms with Crippen LogP contribution in [0.15, 0.2) is 24.3 Å². The maximum atomic E-state index is 11.7. The van der Waals surface area contributed by atoms with Gasteiger partial charge >= 0.3 is 12.0 Å². The number of carboxylic acid groups (broad SMARTS) is 1. The average Bonchev–Trinajstić information content (AvgIpc) is 2.27. The number of nitrogens with one attached hydrogen (secondary N) is 1. The fraction of sp³-hybridized carbons (Fsp3) is 0.250. The van der Waals surface area contributed by atoms with Gasteiger partial charge in [-0.1, -0.05) is 12.1 Å². The summed E-state index contributed by atoms with van der Waals surface area (Å²) in [5.74, 6) is -1.56. The van der Waals surface area contributed by atoms with Gasteiger partial charge in [-0.3, -0.25) is 9.59 Å². The van der Waals surface area contributed by atoms with E-state index < -0.39 is 17.9 Å². The number of carbonyl (C=O) groups is 3. The normalized spacial score (nSPS) is 9.74. The Morgan fingerprint density at radius 3 is 2.63 bits per heavy atom. The van der Waals surface area contributed by atoms with E-state index in [1.807, 2.05) is 0 Å². The zero-order valence-corrected chi connectivity index (χ0v) is 10.4. The zero-order chi connectivity index (χ0) is 14.4. The molecule has 7 nitrogen and oxygen atoms in total. The van der Waals surface area contributed by atoms with Gasteiger partial charge in [-0.15, -0.1) is 0 Å². The molecule has 1 aromatic rings. The lowest BCUT2D eigenvalue weighted by atomic mass is 10.1. The number of anilines is 1. The molecule has 1 aromatic carbocycles. The van der Waals surface area contributed by atoms with Crippen molar-refractivity contribution in [1.29, 1.82) is 0 Å². The van der Waals surface area contributed by atoms with Gasteiger partial charge in [0.15, 0.2) is 0 Å². The molecule has 0 fully saturated rings. The summed E-state index contributed by atoms with van der Waals surface area (Å²) in [4.78, 5) is 34.1. The van der Waals surface area contributed by atoms with Crippen LogP contribution in [0.25, 0.3) is 0 Å². The lowest BCUT2D eigenvalue weighted by Crippen LogP contribution is -2.38. The molecule has 0 aliphatic rings. The number of primary amides is 1. The van der Waals surface area contributed by atoms with Gasteiger partial charge in [0.05, 0.1) is 6.42 Å². The predicted octanol–water partition coefficient (Wildman–Crippen LogP) is 0.263. The molecule has 0 heterocycles. The van der Waals surface area contributed by atoms with E-state index in [-0.39, 0.29) is 13.0 Å². The van der Waals surface area contributed by atoms with E-state index in [2.05, 4.69) is 5.32 Å². The van der Waals surface area contributed by atoms with Crippen LogP contribution < -0.4 is 11.1 Å². The number of amides is 3. The molecule has 0 aliphatic carbocycles. The number of rotatable bonds is 5. The zero-order valence-electron chi connectivity index (χ0n) is 10.4. The molecule has 0 bridgehead atoms. The molecule has 0 unspecified atom stereocenters. The number of nitrogens with two attached hydrogens (primary N) is 1. The molecule has 19 heavy (non-hydrogen) atoms. The van der Waals surface area contributed by atoms with E-state index in [4.69, 9.17) is 10.8 Å². The van der Waals surface area contributed by atoms with Crippen LogP contribution in [-0.4, -0.2) is 41.5 Å². The first-order chi connectivity index (χ1) is 8.88. The van der Waals surface area contributed by atoms with E-state index in [1.54, 1.807) is 24.3 Å². The molecule has 4 N–H and O–H groups in total. The van der Waals surface area contributed by atoms with Gasteiger partial charge < -0.3 is 21.1 Å². The quantitative estimate of drug-likeness (QED) is 0.708. The number of hydrogen-bond acceptors (Lipinski definition) is 3. The molecule has 3 amide bonds. The second kappa shape index (κ2) is 6.39. The molecule has 0 aromatic heterocycles. The van der Waals surface area contributed by atoms with Crippen LogP contribution in [-0.2, 0) is 16.0 Å². The largest absolute Gasteiger partial charge is 0.481 e. The van der Waals surface area contributed by atoms with Crippen LogP contribution in [0.5, 0.6) is 0 Å². The van der Waals surface area contributed by atoms with Crippen LogP contribution in [0, 0.1) is 0 Å². The third-order valence-electron chi connectivity index (χ3n) is 2.27. The Morgan fingerprint density at radius 2 is 2.05 bits per heavy atom. The third kappa shape index (κ3) is 5.07. The van der Waals surface area contributed by atoms with Crippen molar-refractivity contribution in [1.82, 2.24) is 4.90 Å². The highest BCUT2D eigenvalue weighted by molar-refractivity contribution is 5.92. The highest BCUT2D eigenvalue weighted by Crippen LogP contribution is 2.11. The van der Waals surface area contributed by atoms with Crippen molar-refractivity contribution >= 4 is 23.6 Å². The number of likely N-dealkylation sites (N-methyl/N-ethyl adjacent to an activating group) is 1. The van der Waals surface area contributed by atoms with Crippen molar-refractivity contribution in [3.8, 4) is 0 Å². The van der Waals surface area contributed by atoms with Crippen LogP contribution in [0.2, 0.25) is 0 Å².